The molecule has 0 unspecified atom stereocenters. The van der Waals surface area contributed by atoms with E-state index in [0.29, 0.717) is 0 Å². The maximum atomic E-state index is 5.24. The summed E-state index contributed by atoms with van der Waals surface area (Å²) in [6.45, 7) is 1.87. The summed E-state index contributed by atoms with van der Waals surface area (Å²) in [6.07, 6.45) is 1.13. The van der Waals surface area contributed by atoms with Gasteiger partial charge in [-0.2, -0.15) is 0 Å². The zero-order valence-corrected chi connectivity index (χ0v) is 11.3. The number of halogens is 1. The van der Waals surface area contributed by atoms with Gasteiger partial charge in [0.2, 0.25) is 0 Å². The van der Waals surface area contributed by atoms with Crippen LogP contribution >= 0.6 is 15.9 Å². The first kappa shape index (κ1) is 13.3. The summed E-state index contributed by atoms with van der Waals surface area (Å²) in [4.78, 5) is 0. The lowest BCUT2D eigenvalue weighted by Gasteiger charge is -2.10. The Hall–Kier alpha value is -0.740. The van der Waals surface area contributed by atoms with Crippen molar-refractivity contribution in [3.63, 3.8) is 0 Å². The number of nitrogens with one attached hydrogen (secondary N) is 1. The Morgan fingerprint density at radius 1 is 1.19 bits per heavy atom. The number of rotatable bonds is 7. The van der Waals surface area contributed by atoms with Gasteiger partial charge in [-0.05, 0) is 30.7 Å². The van der Waals surface area contributed by atoms with Crippen molar-refractivity contribution in [1.82, 2.24) is 5.32 Å². The molecule has 1 rings (SSSR count). The van der Waals surface area contributed by atoms with Gasteiger partial charge < -0.3 is 14.8 Å². The van der Waals surface area contributed by atoms with E-state index in [2.05, 4.69) is 21.2 Å². The third-order valence-corrected chi connectivity index (χ3v) is 2.82. The van der Waals surface area contributed by atoms with Crippen LogP contribution in [0.1, 0.15) is 12.0 Å². The highest BCUT2D eigenvalue weighted by molar-refractivity contribution is 9.09. The van der Waals surface area contributed by atoms with Gasteiger partial charge in [0.1, 0.15) is 0 Å². The molecule has 0 spiro atoms. The Labute approximate surface area is 105 Å². The van der Waals surface area contributed by atoms with Crippen LogP contribution in [0.3, 0.4) is 0 Å². The third kappa shape index (κ3) is 4.02. The molecule has 4 heteroatoms. The highest BCUT2D eigenvalue weighted by Gasteiger charge is 2.03. The van der Waals surface area contributed by atoms with Gasteiger partial charge >= 0.3 is 0 Å². The summed E-state index contributed by atoms with van der Waals surface area (Å²) < 4.78 is 10.4. The monoisotopic (exact) mass is 287 g/mol. The second-order valence-electron chi connectivity index (χ2n) is 3.41. The highest BCUT2D eigenvalue weighted by Crippen LogP contribution is 2.27. The Bertz CT molecular complexity index is 318. The predicted molar refractivity (Wildman–Crippen MR) is 69.7 cm³/mol. The molecular formula is C12H18BrNO2. The number of benzene rings is 1. The summed E-state index contributed by atoms with van der Waals surface area (Å²) in [6, 6.07) is 5.97. The van der Waals surface area contributed by atoms with Crippen molar-refractivity contribution in [2.24, 2.45) is 0 Å². The van der Waals surface area contributed by atoms with Crippen molar-refractivity contribution in [2.75, 3.05) is 26.1 Å². The summed E-state index contributed by atoms with van der Waals surface area (Å²) in [5, 5.41) is 4.40. The number of alkyl halides is 1. The fraction of sp³-hybridized carbons (Fsp3) is 0.500. The van der Waals surface area contributed by atoms with Crippen LogP contribution in [0.5, 0.6) is 11.5 Å². The molecule has 16 heavy (non-hydrogen) atoms. The molecule has 0 fully saturated rings. The van der Waals surface area contributed by atoms with E-state index in [9.17, 15) is 0 Å². The van der Waals surface area contributed by atoms with Crippen LogP contribution in [0.2, 0.25) is 0 Å². The highest BCUT2D eigenvalue weighted by atomic mass is 79.9. The van der Waals surface area contributed by atoms with Crippen molar-refractivity contribution < 1.29 is 9.47 Å². The largest absolute Gasteiger partial charge is 0.493 e. The van der Waals surface area contributed by atoms with Crippen LogP contribution < -0.4 is 14.8 Å². The quantitative estimate of drug-likeness (QED) is 0.618. The molecule has 0 aliphatic rings. The SMILES string of the molecule is COc1ccc(CNCCCBr)cc1OC. The first-order valence-corrected chi connectivity index (χ1v) is 6.41. The van der Waals surface area contributed by atoms with Gasteiger partial charge in [0, 0.05) is 11.9 Å². The van der Waals surface area contributed by atoms with Gasteiger partial charge in [0.05, 0.1) is 14.2 Å². The number of hydrogen-bond acceptors (Lipinski definition) is 3. The number of ether oxygens (including phenoxy) is 2. The molecule has 90 valence electrons. The zero-order chi connectivity index (χ0) is 11.8. The van der Waals surface area contributed by atoms with Crippen molar-refractivity contribution in [1.29, 1.82) is 0 Å². The van der Waals surface area contributed by atoms with Gasteiger partial charge in [-0.15, -0.1) is 0 Å². The van der Waals surface area contributed by atoms with Gasteiger partial charge in [-0.1, -0.05) is 22.0 Å². The average Bonchev–Trinajstić information content (AvgIpc) is 2.34. The molecular weight excluding hydrogens is 270 g/mol. The Morgan fingerprint density at radius 2 is 1.94 bits per heavy atom. The molecule has 0 amide bonds. The van der Waals surface area contributed by atoms with Crippen LogP contribution in [-0.2, 0) is 6.54 Å². The lowest BCUT2D eigenvalue weighted by Crippen LogP contribution is -2.14. The zero-order valence-electron chi connectivity index (χ0n) is 9.75. The van der Waals surface area contributed by atoms with Gasteiger partial charge in [-0.25, -0.2) is 0 Å². The summed E-state index contributed by atoms with van der Waals surface area (Å²) in [5.41, 5.74) is 1.20. The van der Waals surface area contributed by atoms with Crippen LogP contribution in [0.4, 0.5) is 0 Å². The minimum Gasteiger partial charge on any atom is -0.493 e. The van der Waals surface area contributed by atoms with Crippen LogP contribution in [-0.4, -0.2) is 26.1 Å². The molecule has 0 aliphatic heterocycles. The van der Waals surface area contributed by atoms with E-state index in [4.69, 9.17) is 9.47 Å². The first-order valence-electron chi connectivity index (χ1n) is 5.29. The molecule has 3 nitrogen and oxygen atoms in total. The number of hydrogen-bond donors (Lipinski definition) is 1. The maximum Gasteiger partial charge on any atom is 0.161 e. The second-order valence-corrected chi connectivity index (χ2v) is 4.20. The van der Waals surface area contributed by atoms with Crippen molar-refractivity contribution in [2.45, 2.75) is 13.0 Å². The van der Waals surface area contributed by atoms with E-state index in [1.807, 2.05) is 18.2 Å². The molecule has 0 saturated heterocycles. The summed E-state index contributed by atoms with van der Waals surface area (Å²) in [5.74, 6) is 1.55. The van der Waals surface area contributed by atoms with Crippen molar-refractivity contribution >= 4 is 15.9 Å². The average molecular weight is 288 g/mol. The standard InChI is InChI=1S/C12H18BrNO2/c1-15-11-5-4-10(8-12(11)16-2)9-14-7-3-6-13/h4-5,8,14H,3,6-7,9H2,1-2H3. The maximum absolute atomic E-state index is 5.24. The Balaban J connectivity index is 2.54. The normalized spacial score (nSPS) is 10.2. The van der Waals surface area contributed by atoms with E-state index < -0.39 is 0 Å². The molecule has 0 atom stereocenters. The van der Waals surface area contributed by atoms with E-state index in [1.165, 1.54) is 5.56 Å². The molecule has 0 aromatic heterocycles. The molecule has 0 heterocycles. The van der Waals surface area contributed by atoms with E-state index >= 15 is 0 Å². The van der Waals surface area contributed by atoms with Gasteiger partial charge in [-0.3, -0.25) is 0 Å². The molecule has 0 aliphatic carbocycles. The molecule has 1 aromatic rings. The lowest BCUT2D eigenvalue weighted by atomic mass is 10.2. The summed E-state index contributed by atoms with van der Waals surface area (Å²) >= 11 is 3.40. The van der Waals surface area contributed by atoms with Crippen LogP contribution in [0, 0.1) is 0 Å². The van der Waals surface area contributed by atoms with Crippen LogP contribution in [0.15, 0.2) is 18.2 Å². The van der Waals surface area contributed by atoms with Gasteiger partial charge in [0.15, 0.2) is 11.5 Å². The topological polar surface area (TPSA) is 30.5 Å². The van der Waals surface area contributed by atoms with E-state index in [0.717, 1.165) is 36.3 Å². The molecule has 0 saturated carbocycles. The van der Waals surface area contributed by atoms with Gasteiger partial charge in [0.25, 0.3) is 0 Å². The fourth-order valence-corrected chi connectivity index (χ4v) is 1.70. The Morgan fingerprint density at radius 3 is 2.56 bits per heavy atom. The smallest absolute Gasteiger partial charge is 0.161 e. The fourth-order valence-electron chi connectivity index (χ4n) is 1.42. The first-order chi connectivity index (χ1) is 7.81. The molecule has 1 aromatic carbocycles. The molecule has 1 N–H and O–H groups in total. The van der Waals surface area contributed by atoms with Crippen molar-refractivity contribution in [3.8, 4) is 11.5 Å². The lowest BCUT2D eigenvalue weighted by molar-refractivity contribution is 0.354. The molecule has 0 radical (unpaired) electrons. The minimum atomic E-state index is 0.770. The van der Waals surface area contributed by atoms with Crippen molar-refractivity contribution in [3.05, 3.63) is 23.8 Å². The van der Waals surface area contributed by atoms with E-state index in [1.54, 1.807) is 14.2 Å². The number of methoxy groups -OCH3 is 2. The molecule has 0 bridgehead atoms. The second kappa shape index (κ2) is 7.52. The third-order valence-electron chi connectivity index (χ3n) is 2.26. The predicted octanol–water partition coefficient (Wildman–Crippen LogP) is 2.58. The van der Waals surface area contributed by atoms with E-state index in [-0.39, 0.29) is 0 Å². The Kier molecular flexibility index (Phi) is 6.26. The summed E-state index contributed by atoms with van der Waals surface area (Å²) in [7, 11) is 3.30. The minimum absolute atomic E-state index is 0.770. The van der Waals surface area contributed by atoms with Crippen LogP contribution in [0.25, 0.3) is 0 Å².